The quantitative estimate of drug-likeness (QED) is 0.556. The highest BCUT2D eigenvalue weighted by molar-refractivity contribution is 7.87. The molecule has 0 aromatic heterocycles. The van der Waals surface area contributed by atoms with Crippen LogP contribution in [0.5, 0.6) is 0 Å². The van der Waals surface area contributed by atoms with Gasteiger partial charge in [-0.05, 0) is 12.8 Å². The Morgan fingerprint density at radius 3 is 2.44 bits per heavy atom. The highest BCUT2D eigenvalue weighted by Gasteiger charge is 2.24. The van der Waals surface area contributed by atoms with Crippen LogP contribution in [0.4, 0.5) is 0 Å². The van der Waals surface area contributed by atoms with Gasteiger partial charge in [-0.25, -0.2) is 0 Å². The summed E-state index contributed by atoms with van der Waals surface area (Å²) in [6.45, 7) is 0.396. The van der Waals surface area contributed by atoms with Crippen LogP contribution in [0.1, 0.15) is 12.8 Å². The van der Waals surface area contributed by atoms with Gasteiger partial charge in [0.15, 0.2) is 0 Å². The maximum atomic E-state index is 11.4. The van der Waals surface area contributed by atoms with Crippen molar-refractivity contribution in [2.24, 2.45) is 0 Å². The molecule has 1 unspecified atom stereocenters. The lowest BCUT2D eigenvalue weighted by Gasteiger charge is -2.17. The minimum atomic E-state index is -3.72. The van der Waals surface area contributed by atoms with Gasteiger partial charge in [0.2, 0.25) is 0 Å². The normalized spacial score (nSPS) is 14.0. The van der Waals surface area contributed by atoms with Crippen LogP contribution in [0.25, 0.3) is 0 Å². The van der Waals surface area contributed by atoms with Crippen LogP contribution < -0.4 is 4.72 Å². The minimum Gasteiger partial charge on any atom is -0.480 e. The molecule has 7 nitrogen and oxygen atoms in total. The molecule has 0 heterocycles. The molecule has 0 bridgehead atoms. The van der Waals surface area contributed by atoms with Crippen LogP contribution in [0.3, 0.4) is 0 Å². The fourth-order valence-corrected chi connectivity index (χ4v) is 1.74. The summed E-state index contributed by atoms with van der Waals surface area (Å²) in [7, 11) is 0.441. The number of hydrogen-bond donors (Lipinski definition) is 2. The van der Waals surface area contributed by atoms with Gasteiger partial charge in [0, 0.05) is 27.8 Å². The van der Waals surface area contributed by atoms with Crippen molar-refractivity contribution in [3.63, 3.8) is 0 Å². The maximum absolute atomic E-state index is 11.4. The van der Waals surface area contributed by atoms with Gasteiger partial charge in [0.1, 0.15) is 6.04 Å². The first-order valence-electron chi connectivity index (χ1n) is 4.72. The van der Waals surface area contributed by atoms with Crippen LogP contribution >= 0.6 is 0 Å². The van der Waals surface area contributed by atoms with Gasteiger partial charge in [-0.1, -0.05) is 0 Å². The van der Waals surface area contributed by atoms with Crippen molar-refractivity contribution in [3.8, 4) is 0 Å². The summed E-state index contributed by atoms with van der Waals surface area (Å²) in [6.07, 6.45) is 0.666. The SMILES string of the molecule is COCCCC(NS(=O)(=O)N(C)C)C(=O)O. The largest absolute Gasteiger partial charge is 0.480 e. The summed E-state index contributed by atoms with van der Waals surface area (Å²) >= 11 is 0. The molecule has 0 aliphatic rings. The summed E-state index contributed by atoms with van der Waals surface area (Å²) in [6, 6.07) is -1.12. The van der Waals surface area contributed by atoms with Crippen LogP contribution in [-0.4, -0.2) is 57.7 Å². The molecule has 0 aliphatic carbocycles. The van der Waals surface area contributed by atoms with Crippen molar-refractivity contribution in [1.29, 1.82) is 0 Å². The average molecular weight is 254 g/mol. The first-order chi connectivity index (χ1) is 7.31. The Morgan fingerprint density at radius 1 is 1.50 bits per heavy atom. The fraction of sp³-hybridized carbons (Fsp3) is 0.875. The van der Waals surface area contributed by atoms with Crippen LogP contribution in [0.2, 0.25) is 0 Å². The summed E-state index contributed by atoms with van der Waals surface area (Å²) in [5.74, 6) is -1.19. The molecule has 0 fully saturated rings. The zero-order valence-electron chi connectivity index (χ0n) is 9.63. The van der Waals surface area contributed by atoms with Crippen molar-refractivity contribution in [2.75, 3.05) is 27.8 Å². The van der Waals surface area contributed by atoms with Crippen molar-refractivity contribution < 1.29 is 23.1 Å². The number of ether oxygens (including phenoxy) is 1. The van der Waals surface area contributed by atoms with Gasteiger partial charge >= 0.3 is 5.97 Å². The van der Waals surface area contributed by atoms with Crippen molar-refractivity contribution in [3.05, 3.63) is 0 Å². The predicted molar refractivity (Wildman–Crippen MR) is 58.3 cm³/mol. The molecule has 0 saturated heterocycles. The molecule has 2 N–H and O–H groups in total. The first-order valence-corrected chi connectivity index (χ1v) is 6.16. The molecule has 0 radical (unpaired) electrons. The minimum absolute atomic E-state index is 0.191. The van der Waals surface area contributed by atoms with E-state index in [0.717, 1.165) is 4.31 Å². The Hall–Kier alpha value is -0.700. The summed E-state index contributed by atoms with van der Waals surface area (Å²) in [5.41, 5.74) is 0. The zero-order chi connectivity index (χ0) is 12.8. The number of methoxy groups -OCH3 is 1. The van der Waals surface area contributed by atoms with Crippen LogP contribution in [-0.2, 0) is 19.7 Å². The van der Waals surface area contributed by atoms with Gasteiger partial charge < -0.3 is 9.84 Å². The molecule has 0 aliphatic heterocycles. The van der Waals surface area contributed by atoms with Crippen LogP contribution in [0.15, 0.2) is 0 Å². The number of hydrogen-bond acceptors (Lipinski definition) is 4. The summed E-state index contributed by atoms with van der Waals surface area (Å²) < 4.78 is 30.6. The Bertz CT molecular complexity index is 314. The Balaban J connectivity index is 4.40. The molecule has 0 saturated carbocycles. The lowest BCUT2D eigenvalue weighted by atomic mass is 10.2. The van der Waals surface area contributed by atoms with Crippen molar-refractivity contribution in [1.82, 2.24) is 9.03 Å². The van der Waals surface area contributed by atoms with E-state index in [4.69, 9.17) is 9.84 Å². The predicted octanol–water partition coefficient (Wildman–Crippen LogP) is -0.738. The molecule has 1 atom stereocenters. The summed E-state index contributed by atoms with van der Waals surface area (Å²) in [4.78, 5) is 10.8. The molecule has 0 aromatic carbocycles. The molecule has 16 heavy (non-hydrogen) atoms. The summed E-state index contributed by atoms with van der Waals surface area (Å²) in [5, 5.41) is 8.83. The Morgan fingerprint density at radius 2 is 2.06 bits per heavy atom. The number of carbonyl (C=O) groups is 1. The number of nitrogens with one attached hydrogen (secondary N) is 1. The molecular formula is C8H18N2O5S. The number of rotatable bonds is 8. The number of carboxylic acid groups (broad SMARTS) is 1. The molecule has 0 amide bonds. The van der Waals surface area contributed by atoms with E-state index in [1.165, 1.54) is 21.2 Å². The van der Waals surface area contributed by atoms with E-state index < -0.39 is 22.2 Å². The third-order valence-electron chi connectivity index (χ3n) is 1.91. The van der Waals surface area contributed by atoms with E-state index in [2.05, 4.69) is 4.72 Å². The van der Waals surface area contributed by atoms with Crippen molar-refractivity contribution in [2.45, 2.75) is 18.9 Å². The Kier molecular flexibility index (Phi) is 6.49. The monoisotopic (exact) mass is 254 g/mol. The van der Waals surface area contributed by atoms with Crippen LogP contribution in [0, 0.1) is 0 Å². The molecule has 0 rings (SSSR count). The first kappa shape index (κ1) is 15.3. The van der Waals surface area contributed by atoms with E-state index in [1.807, 2.05) is 0 Å². The number of nitrogens with zero attached hydrogens (tertiary/aromatic N) is 1. The topological polar surface area (TPSA) is 95.9 Å². The van der Waals surface area contributed by atoms with Gasteiger partial charge in [-0.2, -0.15) is 17.4 Å². The number of aliphatic carboxylic acids is 1. The van der Waals surface area contributed by atoms with E-state index >= 15 is 0 Å². The second kappa shape index (κ2) is 6.79. The molecule has 8 heteroatoms. The zero-order valence-corrected chi connectivity index (χ0v) is 10.5. The molecule has 96 valence electrons. The van der Waals surface area contributed by atoms with E-state index in [1.54, 1.807) is 0 Å². The van der Waals surface area contributed by atoms with E-state index in [-0.39, 0.29) is 6.42 Å². The smallest absolute Gasteiger partial charge is 0.321 e. The second-order valence-corrected chi connectivity index (χ2v) is 5.35. The maximum Gasteiger partial charge on any atom is 0.321 e. The van der Waals surface area contributed by atoms with Gasteiger partial charge in [-0.3, -0.25) is 4.79 Å². The fourth-order valence-electron chi connectivity index (χ4n) is 0.950. The third kappa shape index (κ3) is 5.40. The lowest BCUT2D eigenvalue weighted by Crippen LogP contribution is -2.46. The average Bonchev–Trinajstić information content (AvgIpc) is 2.16. The van der Waals surface area contributed by atoms with Gasteiger partial charge in [-0.15, -0.1) is 0 Å². The third-order valence-corrected chi connectivity index (χ3v) is 3.46. The highest BCUT2D eigenvalue weighted by Crippen LogP contribution is 2.01. The Labute approximate surface area is 95.6 Å². The van der Waals surface area contributed by atoms with Gasteiger partial charge in [0.05, 0.1) is 0 Å². The molecule has 0 spiro atoms. The second-order valence-electron chi connectivity index (χ2n) is 3.43. The lowest BCUT2D eigenvalue weighted by molar-refractivity contribution is -0.139. The van der Waals surface area contributed by atoms with E-state index in [9.17, 15) is 13.2 Å². The molecular weight excluding hydrogens is 236 g/mol. The number of carboxylic acids is 1. The van der Waals surface area contributed by atoms with Crippen molar-refractivity contribution >= 4 is 16.2 Å². The van der Waals surface area contributed by atoms with E-state index in [0.29, 0.717) is 13.0 Å². The standard InChI is InChI=1S/C8H18N2O5S/c1-10(2)16(13,14)9-7(8(11)12)5-4-6-15-3/h7,9H,4-6H2,1-3H3,(H,11,12). The van der Waals surface area contributed by atoms with Gasteiger partial charge in [0.25, 0.3) is 10.2 Å². The molecule has 0 aromatic rings. The highest BCUT2D eigenvalue weighted by atomic mass is 32.2.